The van der Waals surface area contributed by atoms with Gasteiger partial charge in [-0.2, -0.15) is 0 Å². The van der Waals surface area contributed by atoms with Crippen LogP contribution in [0.25, 0.3) is 0 Å². The molecule has 0 radical (unpaired) electrons. The second-order valence-electron chi connectivity index (χ2n) is 9.46. The van der Waals surface area contributed by atoms with Gasteiger partial charge in [-0.25, -0.2) is 4.39 Å². The van der Waals surface area contributed by atoms with E-state index >= 15 is 0 Å². The molecule has 172 valence electrons. The van der Waals surface area contributed by atoms with Crippen molar-refractivity contribution in [1.29, 1.82) is 0 Å². The Morgan fingerprint density at radius 1 is 1.19 bits per heavy atom. The van der Waals surface area contributed by atoms with Crippen LogP contribution >= 0.6 is 11.6 Å². The molecule has 1 heterocycles. The molecule has 2 aromatic rings. The van der Waals surface area contributed by atoms with Crippen molar-refractivity contribution in [2.75, 3.05) is 20.2 Å². The molecule has 0 spiro atoms. The van der Waals surface area contributed by atoms with Crippen LogP contribution in [-0.4, -0.2) is 37.0 Å². The lowest BCUT2D eigenvalue weighted by atomic mass is 9.86. The Kier molecular flexibility index (Phi) is 7.06. The molecule has 2 unspecified atom stereocenters. The van der Waals surface area contributed by atoms with Gasteiger partial charge in [0.1, 0.15) is 11.6 Å². The SMILES string of the molecule is COc1ccc(Cl)cc1CNC(=O)C1(C)CCC(N2CCC(c3ccc(F)cc3)CC2)C1. The van der Waals surface area contributed by atoms with Crippen molar-refractivity contribution in [3.8, 4) is 5.75 Å². The Hall–Kier alpha value is -2.11. The number of hydrogen-bond donors (Lipinski definition) is 1. The summed E-state index contributed by atoms with van der Waals surface area (Å²) in [6, 6.07) is 12.8. The third-order valence-electron chi connectivity index (χ3n) is 7.33. The van der Waals surface area contributed by atoms with E-state index < -0.39 is 0 Å². The Morgan fingerprint density at radius 2 is 1.91 bits per heavy atom. The lowest BCUT2D eigenvalue weighted by Gasteiger charge is -2.37. The standard InChI is InChI=1S/C26H32ClFN2O2/c1-26(25(31)29-17-20-15-21(27)5-8-24(20)32-2)12-9-23(16-26)30-13-10-19(11-14-30)18-3-6-22(28)7-4-18/h3-8,15,19,23H,9-14,16-17H2,1-2H3,(H,29,31). The summed E-state index contributed by atoms with van der Waals surface area (Å²) in [4.78, 5) is 15.6. The molecule has 1 N–H and O–H groups in total. The average Bonchev–Trinajstić information content (AvgIpc) is 3.21. The number of carbonyl (C=O) groups excluding carboxylic acids is 1. The molecule has 4 nitrogen and oxygen atoms in total. The number of rotatable bonds is 6. The molecule has 32 heavy (non-hydrogen) atoms. The number of halogens is 2. The quantitative estimate of drug-likeness (QED) is 0.617. The predicted molar refractivity (Wildman–Crippen MR) is 126 cm³/mol. The van der Waals surface area contributed by atoms with Crippen LogP contribution in [0, 0.1) is 11.2 Å². The Balaban J connectivity index is 1.30. The molecule has 1 saturated carbocycles. The van der Waals surface area contributed by atoms with Gasteiger partial charge in [0, 0.05) is 28.6 Å². The number of amides is 1. The van der Waals surface area contributed by atoms with Gasteiger partial charge < -0.3 is 15.0 Å². The summed E-state index contributed by atoms with van der Waals surface area (Å²) in [5, 5.41) is 3.74. The van der Waals surface area contributed by atoms with Crippen LogP contribution in [-0.2, 0) is 11.3 Å². The summed E-state index contributed by atoms with van der Waals surface area (Å²) in [6.07, 6.45) is 4.99. The molecule has 2 atom stereocenters. The van der Waals surface area contributed by atoms with Crippen molar-refractivity contribution >= 4 is 17.5 Å². The van der Waals surface area contributed by atoms with Gasteiger partial charge >= 0.3 is 0 Å². The van der Waals surface area contributed by atoms with Crippen LogP contribution < -0.4 is 10.1 Å². The van der Waals surface area contributed by atoms with E-state index in [2.05, 4.69) is 17.1 Å². The third kappa shape index (κ3) is 5.10. The van der Waals surface area contributed by atoms with E-state index in [4.69, 9.17) is 16.3 Å². The molecule has 1 aliphatic heterocycles. The Labute approximate surface area is 195 Å². The first-order valence-corrected chi connectivity index (χ1v) is 11.9. The van der Waals surface area contributed by atoms with Crippen LogP contribution in [0.5, 0.6) is 5.75 Å². The van der Waals surface area contributed by atoms with Gasteiger partial charge in [0.25, 0.3) is 0 Å². The number of hydrogen-bond acceptors (Lipinski definition) is 3. The van der Waals surface area contributed by atoms with Crippen molar-refractivity contribution in [1.82, 2.24) is 10.2 Å². The normalized spacial score (nSPS) is 24.4. The number of piperidine rings is 1. The summed E-state index contributed by atoms with van der Waals surface area (Å²) in [6.45, 7) is 4.56. The third-order valence-corrected chi connectivity index (χ3v) is 7.57. The Morgan fingerprint density at radius 3 is 2.59 bits per heavy atom. The highest BCUT2D eigenvalue weighted by Gasteiger charge is 2.43. The Bertz CT molecular complexity index is 943. The fourth-order valence-corrected chi connectivity index (χ4v) is 5.53. The van der Waals surface area contributed by atoms with Crippen molar-refractivity contribution in [3.05, 3.63) is 64.4 Å². The maximum absolute atomic E-state index is 13.2. The summed E-state index contributed by atoms with van der Waals surface area (Å²) in [5.41, 5.74) is 1.76. The van der Waals surface area contributed by atoms with Gasteiger partial charge in [0.15, 0.2) is 0 Å². The van der Waals surface area contributed by atoms with Crippen LogP contribution in [0.2, 0.25) is 5.02 Å². The van der Waals surface area contributed by atoms with Gasteiger partial charge in [-0.15, -0.1) is 0 Å². The number of nitrogens with zero attached hydrogens (tertiary/aromatic N) is 1. The molecule has 1 amide bonds. The first kappa shape index (κ1) is 23.1. The minimum Gasteiger partial charge on any atom is -0.496 e. The minimum absolute atomic E-state index is 0.100. The number of nitrogens with one attached hydrogen (secondary N) is 1. The van der Waals surface area contributed by atoms with Crippen molar-refractivity contribution in [3.63, 3.8) is 0 Å². The average molecular weight is 459 g/mol. The fourth-order valence-electron chi connectivity index (χ4n) is 5.33. The van der Waals surface area contributed by atoms with Crippen molar-refractivity contribution in [2.24, 2.45) is 5.41 Å². The van der Waals surface area contributed by atoms with E-state index in [1.807, 2.05) is 24.3 Å². The highest BCUT2D eigenvalue weighted by molar-refractivity contribution is 6.30. The van der Waals surface area contributed by atoms with Crippen LogP contribution in [0.15, 0.2) is 42.5 Å². The summed E-state index contributed by atoms with van der Waals surface area (Å²) in [5.74, 6) is 1.15. The molecule has 4 rings (SSSR count). The molecule has 1 aliphatic carbocycles. The molecular formula is C26H32ClFN2O2. The van der Waals surface area contributed by atoms with Crippen molar-refractivity contribution < 1.29 is 13.9 Å². The summed E-state index contributed by atoms with van der Waals surface area (Å²) in [7, 11) is 1.62. The van der Waals surface area contributed by atoms with Gasteiger partial charge in [0.2, 0.25) is 5.91 Å². The molecule has 2 aromatic carbocycles. The maximum atomic E-state index is 13.2. The molecule has 0 aromatic heterocycles. The number of ether oxygens (including phenoxy) is 1. The zero-order valence-corrected chi connectivity index (χ0v) is 19.6. The highest BCUT2D eigenvalue weighted by Crippen LogP contribution is 2.42. The van der Waals surface area contributed by atoms with Gasteiger partial charge in [-0.1, -0.05) is 30.7 Å². The smallest absolute Gasteiger partial charge is 0.226 e. The first-order chi connectivity index (χ1) is 15.4. The van der Waals surface area contributed by atoms with E-state index in [0.29, 0.717) is 23.5 Å². The zero-order valence-electron chi connectivity index (χ0n) is 18.9. The molecule has 2 aliphatic rings. The molecule has 2 fully saturated rings. The highest BCUT2D eigenvalue weighted by atomic mass is 35.5. The van der Waals surface area contributed by atoms with Crippen LogP contribution in [0.4, 0.5) is 4.39 Å². The van der Waals surface area contributed by atoms with E-state index in [1.165, 1.54) is 5.56 Å². The number of methoxy groups -OCH3 is 1. The predicted octanol–water partition coefficient (Wildman–Crippen LogP) is 5.54. The molecular weight excluding hydrogens is 427 g/mol. The molecule has 0 bridgehead atoms. The van der Waals surface area contributed by atoms with E-state index in [1.54, 1.807) is 25.3 Å². The van der Waals surface area contributed by atoms with Crippen LogP contribution in [0.3, 0.4) is 0 Å². The second kappa shape index (κ2) is 9.80. The minimum atomic E-state index is -0.357. The lowest BCUT2D eigenvalue weighted by molar-refractivity contribution is -0.130. The largest absolute Gasteiger partial charge is 0.496 e. The number of carbonyl (C=O) groups is 1. The van der Waals surface area contributed by atoms with Gasteiger partial charge in [-0.05, 0) is 87.0 Å². The monoisotopic (exact) mass is 458 g/mol. The van der Waals surface area contributed by atoms with Crippen molar-refractivity contribution in [2.45, 2.75) is 57.5 Å². The number of benzene rings is 2. The van der Waals surface area contributed by atoms with Gasteiger partial charge in [0.05, 0.1) is 7.11 Å². The van der Waals surface area contributed by atoms with E-state index in [0.717, 1.165) is 56.5 Å². The number of likely N-dealkylation sites (tertiary alicyclic amines) is 1. The molecule has 1 saturated heterocycles. The maximum Gasteiger partial charge on any atom is 0.226 e. The van der Waals surface area contributed by atoms with Gasteiger partial charge in [-0.3, -0.25) is 4.79 Å². The zero-order chi connectivity index (χ0) is 22.7. The lowest BCUT2D eigenvalue weighted by Crippen LogP contribution is -2.42. The summed E-state index contributed by atoms with van der Waals surface area (Å²) < 4.78 is 18.6. The molecule has 6 heteroatoms. The first-order valence-electron chi connectivity index (χ1n) is 11.5. The van der Waals surface area contributed by atoms with E-state index in [9.17, 15) is 9.18 Å². The van der Waals surface area contributed by atoms with E-state index in [-0.39, 0.29) is 17.1 Å². The summed E-state index contributed by atoms with van der Waals surface area (Å²) >= 11 is 6.11. The topological polar surface area (TPSA) is 41.6 Å². The van der Waals surface area contributed by atoms with Crippen LogP contribution in [0.1, 0.15) is 56.1 Å². The fraction of sp³-hybridized carbons (Fsp3) is 0.500. The second-order valence-corrected chi connectivity index (χ2v) is 9.89.